The predicted octanol–water partition coefficient (Wildman–Crippen LogP) is 6.65. The number of halogens is 2. The average Bonchev–Trinajstić information content (AvgIpc) is 3.53. The molecule has 4 aromatic rings. The standard InChI is InChI=1S/C37H39Cl2N5O5/c1-21(45)18-40-29-10-5-11-30-26(29)14-16-31(43-30)27-8-3-6-24(34(27)38)25-7-4-9-28(35(25)39)32-15-12-22(36(44-32)48-2)20-49-37(47)41-19-23-13-17-33(46)42-23/h3-4,6-9,12,14-16,21,23,29,40,45H,5,10-11,13,17-20H2,1-2H3,(H,41,47)(H,42,46)/t21?,23-,29?/m0/s1. The van der Waals surface area contributed by atoms with Gasteiger partial charge in [0.2, 0.25) is 11.8 Å². The van der Waals surface area contributed by atoms with Gasteiger partial charge in [0.15, 0.2) is 0 Å². The summed E-state index contributed by atoms with van der Waals surface area (Å²) in [5.41, 5.74) is 7.17. The van der Waals surface area contributed by atoms with Crippen LogP contribution in [-0.2, 0) is 22.6 Å². The number of carbonyl (C=O) groups is 2. The number of hydrogen-bond donors (Lipinski definition) is 4. The van der Waals surface area contributed by atoms with Gasteiger partial charge in [0.25, 0.3) is 0 Å². The highest BCUT2D eigenvalue weighted by atomic mass is 35.5. The monoisotopic (exact) mass is 703 g/mol. The Morgan fingerprint density at radius 2 is 1.63 bits per heavy atom. The number of rotatable bonds is 11. The van der Waals surface area contributed by atoms with Gasteiger partial charge in [0.1, 0.15) is 6.61 Å². The van der Waals surface area contributed by atoms with Gasteiger partial charge < -0.3 is 30.5 Å². The Bertz CT molecular complexity index is 1850. The summed E-state index contributed by atoms with van der Waals surface area (Å²) in [6, 6.07) is 19.3. The molecule has 10 nitrogen and oxygen atoms in total. The number of carbonyl (C=O) groups excluding carboxylic acids is 2. The molecule has 256 valence electrons. The molecule has 3 atom stereocenters. The zero-order valence-corrected chi connectivity index (χ0v) is 28.9. The van der Waals surface area contributed by atoms with Crippen LogP contribution in [0, 0.1) is 0 Å². The maximum atomic E-state index is 12.3. The Morgan fingerprint density at radius 3 is 2.29 bits per heavy atom. The first kappa shape index (κ1) is 34.6. The molecule has 4 N–H and O–H groups in total. The number of aliphatic hydroxyl groups is 1. The molecule has 2 amide bonds. The van der Waals surface area contributed by atoms with Crippen molar-refractivity contribution in [2.75, 3.05) is 20.2 Å². The van der Waals surface area contributed by atoms with Crippen LogP contribution in [0.2, 0.25) is 10.0 Å². The van der Waals surface area contributed by atoms with Crippen LogP contribution in [0.15, 0.2) is 60.7 Å². The molecule has 2 aliphatic rings. The van der Waals surface area contributed by atoms with E-state index in [4.69, 9.17) is 37.7 Å². The number of nitrogens with one attached hydrogen (secondary N) is 3. The summed E-state index contributed by atoms with van der Waals surface area (Å²) in [4.78, 5) is 33.4. The van der Waals surface area contributed by atoms with Crippen LogP contribution in [0.5, 0.6) is 5.88 Å². The zero-order chi connectivity index (χ0) is 34.5. The highest BCUT2D eigenvalue weighted by Gasteiger charge is 2.24. The molecule has 1 saturated heterocycles. The number of hydrogen-bond acceptors (Lipinski definition) is 8. The molecular formula is C37H39Cl2N5O5. The fourth-order valence-corrected chi connectivity index (χ4v) is 7.00. The van der Waals surface area contributed by atoms with Gasteiger partial charge in [-0.05, 0) is 56.4 Å². The van der Waals surface area contributed by atoms with E-state index in [0.717, 1.165) is 52.9 Å². The Balaban J connectivity index is 1.20. The minimum atomic E-state index is -0.596. The van der Waals surface area contributed by atoms with Crippen molar-refractivity contribution in [1.82, 2.24) is 25.9 Å². The van der Waals surface area contributed by atoms with Crippen molar-refractivity contribution < 1.29 is 24.2 Å². The molecule has 2 unspecified atom stereocenters. The number of benzene rings is 2. The summed E-state index contributed by atoms with van der Waals surface area (Å²) in [7, 11) is 1.50. The highest BCUT2D eigenvalue weighted by molar-refractivity contribution is 6.39. The van der Waals surface area contributed by atoms with Crippen LogP contribution in [0.3, 0.4) is 0 Å². The lowest BCUT2D eigenvalue weighted by Gasteiger charge is -2.27. The number of amides is 2. The maximum absolute atomic E-state index is 12.3. The second-order valence-corrected chi connectivity index (χ2v) is 13.1. The first-order chi connectivity index (χ1) is 23.7. The number of fused-ring (bicyclic) bond motifs is 1. The van der Waals surface area contributed by atoms with Crippen LogP contribution in [0.1, 0.15) is 55.5 Å². The third kappa shape index (κ3) is 7.99. The Kier molecular flexibility index (Phi) is 11.0. The summed E-state index contributed by atoms with van der Waals surface area (Å²) in [6.45, 7) is 2.56. The van der Waals surface area contributed by atoms with Crippen LogP contribution in [0.25, 0.3) is 33.6 Å². The quantitative estimate of drug-likeness (QED) is 0.137. The fourth-order valence-electron chi connectivity index (χ4n) is 6.35. The smallest absolute Gasteiger partial charge is 0.407 e. The van der Waals surface area contributed by atoms with Crippen molar-refractivity contribution in [3.05, 3.63) is 87.5 Å². The summed E-state index contributed by atoms with van der Waals surface area (Å²) < 4.78 is 10.9. The van der Waals surface area contributed by atoms with Gasteiger partial charge in [-0.25, -0.2) is 9.78 Å². The van der Waals surface area contributed by atoms with Crippen LogP contribution in [0.4, 0.5) is 4.79 Å². The first-order valence-corrected chi connectivity index (χ1v) is 17.2. The van der Waals surface area contributed by atoms with Gasteiger partial charge in [-0.15, -0.1) is 0 Å². The molecule has 1 fully saturated rings. The first-order valence-electron chi connectivity index (χ1n) is 16.4. The lowest BCUT2D eigenvalue weighted by molar-refractivity contribution is -0.119. The topological polar surface area (TPSA) is 135 Å². The van der Waals surface area contributed by atoms with E-state index in [2.05, 4.69) is 27.0 Å². The predicted molar refractivity (Wildman–Crippen MR) is 190 cm³/mol. The van der Waals surface area contributed by atoms with Crippen molar-refractivity contribution in [2.24, 2.45) is 0 Å². The summed E-state index contributed by atoms with van der Waals surface area (Å²) in [5, 5.41) is 19.7. The van der Waals surface area contributed by atoms with Crippen molar-refractivity contribution >= 4 is 35.2 Å². The van der Waals surface area contributed by atoms with Crippen LogP contribution in [-0.4, -0.2) is 59.4 Å². The highest BCUT2D eigenvalue weighted by Crippen LogP contribution is 2.42. The second kappa shape index (κ2) is 15.6. The van der Waals surface area contributed by atoms with E-state index < -0.39 is 12.2 Å². The van der Waals surface area contributed by atoms with E-state index in [9.17, 15) is 14.7 Å². The van der Waals surface area contributed by atoms with Crippen molar-refractivity contribution in [3.8, 4) is 39.5 Å². The molecule has 6 rings (SSSR count). The van der Waals surface area contributed by atoms with Crippen LogP contribution < -0.4 is 20.7 Å². The number of aromatic nitrogens is 2. The van der Waals surface area contributed by atoms with Gasteiger partial charge in [0, 0.05) is 59.5 Å². The molecule has 12 heteroatoms. The fraction of sp³-hybridized carbons (Fsp3) is 0.351. The van der Waals surface area contributed by atoms with E-state index in [1.165, 1.54) is 7.11 Å². The van der Waals surface area contributed by atoms with Crippen LogP contribution >= 0.6 is 23.2 Å². The maximum Gasteiger partial charge on any atom is 0.407 e. The van der Waals surface area contributed by atoms with Gasteiger partial charge in [-0.2, -0.15) is 0 Å². The minimum absolute atomic E-state index is 0.0154. The Labute approximate surface area is 295 Å². The van der Waals surface area contributed by atoms with Gasteiger partial charge in [-0.3, -0.25) is 9.78 Å². The van der Waals surface area contributed by atoms with E-state index in [-0.39, 0.29) is 24.6 Å². The summed E-state index contributed by atoms with van der Waals surface area (Å²) in [6.07, 6.45) is 3.03. The average molecular weight is 705 g/mol. The Morgan fingerprint density at radius 1 is 0.959 bits per heavy atom. The van der Waals surface area contributed by atoms with Crippen molar-refractivity contribution in [3.63, 3.8) is 0 Å². The van der Waals surface area contributed by atoms with E-state index in [0.29, 0.717) is 58.7 Å². The molecule has 2 aromatic heterocycles. The molecule has 1 aliphatic heterocycles. The number of methoxy groups -OCH3 is 1. The second-order valence-electron chi connectivity index (χ2n) is 12.4. The number of ether oxygens (including phenoxy) is 2. The van der Waals surface area contributed by atoms with Crippen molar-refractivity contribution in [1.29, 1.82) is 0 Å². The zero-order valence-electron chi connectivity index (χ0n) is 27.4. The lowest BCUT2D eigenvalue weighted by atomic mass is 9.90. The summed E-state index contributed by atoms with van der Waals surface area (Å²) >= 11 is 14.2. The Hall–Kier alpha value is -4.22. The molecule has 0 saturated carbocycles. The number of aryl methyl sites for hydroxylation is 1. The third-order valence-corrected chi connectivity index (χ3v) is 9.67. The minimum Gasteiger partial charge on any atom is -0.481 e. The molecule has 3 heterocycles. The SMILES string of the molecule is COc1nc(-c2cccc(-c3cccc(-c4ccc5c(n4)CCCC5NCC(C)O)c3Cl)c2Cl)ccc1COC(=O)NC[C@@H]1CCC(=O)N1. The van der Waals surface area contributed by atoms with E-state index in [1.54, 1.807) is 19.1 Å². The van der Waals surface area contributed by atoms with Gasteiger partial charge in [-0.1, -0.05) is 65.7 Å². The largest absolute Gasteiger partial charge is 0.481 e. The molecule has 0 radical (unpaired) electrons. The number of aliphatic hydroxyl groups excluding tert-OH is 1. The number of nitrogens with zero attached hydrogens (tertiary/aromatic N) is 2. The van der Waals surface area contributed by atoms with Gasteiger partial charge in [0.05, 0.1) is 40.2 Å². The van der Waals surface area contributed by atoms with E-state index in [1.807, 2.05) is 42.5 Å². The van der Waals surface area contributed by atoms with Gasteiger partial charge >= 0.3 is 6.09 Å². The summed E-state index contributed by atoms with van der Waals surface area (Å²) in [5.74, 6) is 0.287. The normalized spacial score (nSPS) is 17.6. The molecule has 0 bridgehead atoms. The molecule has 49 heavy (non-hydrogen) atoms. The number of pyridine rings is 2. The molecule has 2 aromatic carbocycles. The van der Waals surface area contributed by atoms with Crippen molar-refractivity contribution in [2.45, 2.75) is 63.8 Å². The number of alkyl carbamates (subject to hydrolysis) is 1. The molecule has 0 spiro atoms. The lowest BCUT2D eigenvalue weighted by Crippen LogP contribution is -2.38. The van der Waals surface area contributed by atoms with E-state index >= 15 is 0 Å². The molecular weight excluding hydrogens is 665 g/mol. The molecule has 1 aliphatic carbocycles. The third-order valence-electron chi connectivity index (χ3n) is 8.86.